The summed E-state index contributed by atoms with van der Waals surface area (Å²) in [6.45, 7) is 2.04. The normalized spacial score (nSPS) is 10.4. The molecule has 3 rings (SSSR count). The average Bonchev–Trinajstić information content (AvgIpc) is 2.81. The van der Waals surface area contributed by atoms with E-state index < -0.39 is 0 Å². The quantitative estimate of drug-likeness (QED) is 0.645. The van der Waals surface area contributed by atoms with Gasteiger partial charge in [-0.3, -0.25) is 4.98 Å². The van der Waals surface area contributed by atoms with Gasteiger partial charge in [0.25, 0.3) is 0 Å². The summed E-state index contributed by atoms with van der Waals surface area (Å²) in [5.41, 5.74) is 3.32. The van der Waals surface area contributed by atoms with Crippen LogP contribution in [0.25, 0.3) is 22.3 Å². The van der Waals surface area contributed by atoms with E-state index in [1.807, 2.05) is 25.1 Å². The third kappa shape index (κ3) is 1.64. The molecular weight excluding hydrogens is 224 g/mol. The van der Waals surface area contributed by atoms with Crippen molar-refractivity contribution < 1.29 is 4.42 Å². The van der Waals surface area contributed by atoms with E-state index in [0.717, 1.165) is 16.5 Å². The van der Waals surface area contributed by atoms with Crippen molar-refractivity contribution in [2.24, 2.45) is 0 Å². The summed E-state index contributed by atoms with van der Waals surface area (Å²) in [6.07, 6.45) is 3.21. The Balaban J connectivity index is 2.23. The largest absolute Gasteiger partial charge is 0.456 e. The first-order valence-corrected chi connectivity index (χ1v) is 5.62. The molecule has 0 saturated heterocycles. The second kappa shape index (κ2) is 4.01. The van der Waals surface area contributed by atoms with Gasteiger partial charge < -0.3 is 4.42 Å². The van der Waals surface area contributed by atoms with Crippen LogP contribution in [-0.2, 0) is 0 Å². The molecule has 2 heterocycles. The number of rotatable bonds is 1. The van der Waals surface area contributed by atoms with Crippen LogP contribution < -0.4 is 0 Å². The number of aryl methyl sites for hydroxylation is 1. The highest BCUT2D eigenvalue weighted by Crippen LogP contribution is 2.29. The van der Waals surface area contributed by atoms with Crippen LogP contribution >= 0.6 is 0 Å². The van der Waals surface area contributed by atoms with Crippen LogP contribution in [0.5, 0.6) is 0 Å². The minimum Gasteiger partial charge on any atom is -0.456 e. The average molecular weight is 234 g/mol. The molecule has 0 aliphatic heterocycles. The summed E-state index contributed by atoms with van der Waals surface area (Å²) in [7, 11) is 0. The smallest absolute Gasteiger partial charge is 0.136 e. The Bertz CT molecular complexity index is 766. The molecule has 0 amide bonds. The Labute approximate surface area is 104 Å². The van der Waals surface area contributed by atoms with Crippen molar-refractivity contribution in [2.75, 3.05) is 0 Å². The molecule has 0 fully saturated rings. The minimum atomic E-state index is 0.522. The molecule has 0 spiro atoms. The number of aromatic nitrogens is 1. The van der Waals surface area contributed by atoms with Crippen LogP contribution in [0.4, 0.5) is 0 Å². The first-order chi connectivity index (χ1) is 8.78. The van der Waals surface area contributed by atoms with Crippen molar-refractivity contribution in [1.82, 2.24) is 4.98 Å². The van der Waals surface area contributed by atoms with E-state index in [0.29, 0.717) is 11.3 Å². The second-order valence-electron chi connectivity index (χ2n) is 4.18. The molecule has 86 valence electrons. The van der Waals surface area contributed by atoms with Gasteiger partial charge in [0.15, 0.2) is 0 Å². The second-order valence-corrected chi connectivity index (χ2v) is 4.18. The number of hydrogen-bond donors (Lipinski definition) is 0. The SMILES string of the molecule is Cc1ccc2oc(-c3ccncc3C#N)cc2c1. The molecule has 3 aromatic rings. The van der Waals surface area contributed by atoms with E-state index in [2.05, 4.69) is 17.1 Å². The molecule has 0 aliphatic carbocycles. The summed E-state index contributed by atoms with van der Waals surface area (Å²) >= 11 is 0. The third-order valence-electron chi connectivity index (χ3n) is 2.88. The lowest BCUT2D eigenvalue weighted by Crippen LogP contribution is -1.83. The maximum Gasteiger partial charge on any atom is 0.136 e. The highest BCUT2D eigenvalue weighted by atomic mass is 16.3. The Hall–Kier alpha value is -2.60. The predicted octanol–water partition coefficient (Wildman–Crippen LogP) is 3.67. The lowest BCUT2D eigenvalue weighted by Gasteiger charge is -1.97. The zero-order valence-corrected chi connectivity index (χ0v) is 9.84. The van der Waals surface area contributed by atoms with E-state index in [1.54, 1.807) is 18.5 Å². The molecule has 18 heavy (non-hydrogen) atoms. The number of nitrogens with zero attached hydrogens (tertiary/aromatic N) is 2. The summed E-state index contributed by atoms with van der Waals surface area (Å²) < 4.78 is 5.77. The van der Waals surface area contributed by atoms with Gasteiger partial charge in [0.05, 0.1) is 5.56 Å². The lowest BCUT2D eigenvalue weighted by molar-refractivity contribution is 0.631. The summed E-state index contributed by atoms with van der Waals surface area (Å²) in [5, 5.41) is 10.1. The molecule has 0 saturated carbocycles. The highest BCUT2D eigenvalue weighted by molar-refractivity contribution is 5.84. The Morgan fingerprint density at radius 3 is 2.94 bits per heavy atom. The summed E-state index contributed by atoms with van der Waals surface area (Å²) in [5.74, 6) is 0.703. The topological polar surface area (TPSA) is 49.8 Å². The Morgan fingerprint density at radius 1 is 1.22 bits per heavy atom. The van der Waals surface area contributed by atoms with Crippen molar-refractivity contribution >= 4 is 11.0 Å². The Kier molecular flexibility index (Phi) is 2.35. The molecule has 0 bridgehead atoms. The molecule has 0 N–H and O–H groups in total. The maximum atomic E-state index is 9.07. The van der Waals surface area contributed by atoms with Crippen LogP contribution in [-0.4, -0.2) is 4.98 Å². The van der Waals surface area contributed by atoms with E-state index in [1.165, 1.54) is 5.56 Å². The highest BCUT2D eigenvalue weighted by Gasteiger charge is 2.10. The molecule has 0 aliphatic rings. The van der Waals surface area contributed by atoms with Crippen molar-refractivity contribution in [3.63, 3.8) is 0 Å². The lowest BCUT2D eigenvalue weighted by atomic mass is 10.1. The predicted molar refractivity (Wildman–Crippen MR) is 68.9 cm³/mol. The first-order valence-electron chi connectivity index (χ1n) is 5.62. The number of benzene rings is 1. The molecule has 1 aromatic carbocycles. The Morgan fingerprint density at radius 2 is 2.11 bits per heavy atom. The molecule has 0 radical (unpaired) electrons. The molecule has 0 unspecified atom stereocenters. The van der Waals surface area contributed by atoms with Gasteiger partial charge in [0.1, 0.15) is 17.4 Å². The molecule has 3 heteroatoms. The molecular formula is C15H10N2O. The van der Waals surface area contributed by atoms with Crippen LogP contribution in [0.15, 0.2) is 47.1 Å². The van der Waals surface area contributed by atoms with Crippen LogP contribution in [0, 0.1) is 18.3 Å². The fourth-order valence-electron chi connectivity index (χ4n) is 1.99. The van der Waals surface area contributed by atoms with E-state index in [-0.39, 0.29) is 0 Å². The van der Waals surface area contributed by atoms with Crippen molar-refractivity contribution in [3.05, 3.63) is 53.9 Å². The van der Waals surface area contributed by atoms with Gasteiger partial charge in [0.2, 0.25) is 0 Å². The maximum absolute atomic E-state index is 9.07. The fraction of sp³-hybridized carbons (Fsp3) is 0.0667. The van der Waals surface area contributed by atoms with Gasteiger partial charge in [-0.2, -0.15) is 5.26 Å². The number of pyridine rings is 1. The number of hydrogen-bond acceptors (Lipinski definition) is 3. The van der Waals surface area contributed by atoms with Gasteiger partial charge in [0, 0.05) is 23.3 Å². The standard InChI is InChI=1S/C15H10N2O/c1-10-2-3-14-11(6-10)7-15(18-14)13-4-5-17-9-12(13)8-16/h2-7,9H,1H3. The summed E-state index contributed by atoms with van der Waals surface area (Å²) in [4.78, 5) is 3.95. The van der Waals surface area contributed by atoms with Crippen molar-refractivity contribution in [3.8, 4) is 17.4 Å². The zero-order valence-electron chi connectivity index (χ0n) is 9.84. The van der Waals surface area contributed by atoms with Gasteiger partial charge in [-0.05, 0) is 31.2 Å². The van der Waals surface area contributed by atoms with Crippen LogP contribution in [0.1, 0.15) is 11.1 Å². The van der Waals surface area contributed by atoms with Crippen LogP contribution in [0.3, 0.4) is 0 Å². The number of fused-ring (bicyclic) bond motifs is 1. The first kappa shape index (κ1) is 10.5. The van der Waals surface area contributed by atoms with E-state index in [4.69, 9.17) is 9.68 Å². The van der Waals surface area contributed by atoms with Gasteiger partial charge in [-0.25, -0.2) is 0 Å². The fourth-order valence-corrected chi connectivity index (χ4v) is 1.99. The molecule has 0 atom stereocenters. The minimum absolute atomic E-state index is 0.522. The van der Waals surface area contributed by atoms with E-state index >= 15 is 0 Å². The van der Waals surface area contributed by atoms with E-state index in [9.17, 15) is 0 Å². The third-order valence-corrected chi connectivity index (χ3v) is 2.88. The number of furan rings is 1. The summed E-state index contributed by atoms with van der Waals surface area (Å²) in [6, 6.07) is 11.9. The molecule has 2 aromatic heterocycles. The monoisotopic (exact) mass is 234 g/mol. The van der Waals surface area contributed by atoms with Crippen molar-refractivity contribution in [1.29, 1.82) is 5.26 Å². The van der Waals surface area contributed by atoms with Crippen molar-refractivity contribution in [2.45, 2.75) is 6.92 Å². The zero-order chi connectivity index (χ0) is 12.5. The van der Waals surface area contributed by atoms with Crippen LogP contribution in [0.2, 0.25) is 0 Å². The number of nitriles is 1. The van der Waals surface area contributed by atoms with Gasteiger partial charge >= 0.3 is 0 Å². The molecule has 3 nitrogen and oxygen atoms in total. The van der Waals surface area contributed by atoms with Gasteiger partial charge in [-0.1, -0.05) is 11.6 Å². The van der Waals surface area contributed by atoms with Gasteiger partial charge in [-0.15, -0.1) is 0 Å².